The number of aryl methyl sites for hydroxylation is 2. The molecule has 0 saturated carbocycles. The van der Waals surface area contributed by atoms with Gasteiger partial charge in [0.2, 0.25) is 0 Å². The first kappa shape index (κ1) is 19.5. The van der Waals surface area contributed by atoms with E-state index in [1.807, 2.05) is 63.4 Å². The van der Waals surface area contributed by atoms with Gasteiger partial charge in [-0.25, -0.2) is 4.79 Å². The van der Waals surface area contributed by atoms with Gasteiger partial charge in [0.15, 0.2) is 6.54 Å². The minimum atomic E-state index is -0.515. The van der Waals surface area contributed by atoms with Gasteiger partial charge in [-0.1, -0.05) is 17.7 Å². The highest BCUT2D eigenvalue weighted by atomic mass is 16.5. The summed E-state index contributed by atoms with van der Waals surface area (Å²) < 4.78 is 5.13. The average Bonchev–Trinajstić information content (AvgIpc) is 2.57. The van der Waals surface area contributed by atoms with Crippen LogP contribution in [-0.4, -0.2) is 32.6 Å². The molecule has 0 heterocycles. The van der Waals surface area contributed by atoms with E-state index in [0.29, 0.717) is 12.2 Å². The number of likely N-dealkylation sites (N-methyl/N-ethyl adjacent to an activating group) is 1. The predicted octanol–water partition coefficient (Wildman–Crippen LogP) is 1.68. The summed E-state index contributed by atoms with van der Waals surface area (Å²) in [6.07, 6.45) is 0. The molecule has 26 heavy (non-hydrogen) atoms. The van der Waals surface area contributed by atoms with Crippen LogP contribution in [0.2, 0.25) is 0 Å². The number of urea groups is 1. The number of quaternary nitrogens is 1. The number of carbonyl (C=O) groups is 2. The minimum Gasteiger partial charge on any atom is -0.497 e. The molecule has 0 aliphatic rings. The van der Waals surface area contributed by atoms with E-state index in [9.17, 15) is 9.59 Å². The first-order chi connectivity index (χ1) is 12.4. The summed E-state index contributed by atoms with van der Waals surface area (Å²) in [4.78, 5) is 25.1. The fourth-order valence-corrected chi connectivity index (χ4v) is 2.71. The van der Waals surface area contributed by atoms with Crippen LogP contribution in [0.5, 0.6) is 5.75 Å². The Morgan fingerprint density at radius 1 is 1.08 bits per heavy atom. The highest BCUT2D eigenvalue weighted by molar-refractivity contribution is 6.01. The summed E-state index contributed by atoms with van der Waals surface area (Å²) >= 11 is 0. The highest BCUT2D eigenvalue weighted by Gasteiger charge is 2.14. The molecule has 2 rings (SSSR count). The molecule has 0 aromatic heterocycles. The second-order valence-corrected chi connectivity index (χ2v) is 6.48. The van der Waals surface area contributed by atoms with Crippen LogP contribution < -0.4 is 20.3 Å². The van der Waals surface area contributed by atoms with E-state index in [0.717, 1.165) is 27.3 Å². The van der Waals surface area contributed by atoms with Gasteiger partial charge in [-0.05, 0) is 49.7 Å². The Morgan fingerprint density at radius 3 is 2.38 bits per heavy atom. The van der Waals surface area contributed by atoms with Gasteiger partial charge in [-0.2, -0.15) is 0 Å². The molecule has 1 atom stereocenters. The van der Waals surface area contributed by atoms with Gasteiger partial charge in [0.25, 0.3) is 5.91 Å². The van der Waals surface area contributed by atoms with Crippen molar-refractivity contribution in [2.24, 2.45) is 0 Å². The van der Waals surface area contributed by atoms with Gasteiger partial charge in [0.1, 0.15) is 12.3 Å². The Labute approximate surface area is 154 Å². The van der Waals surface area contributed by atoms with Crippen LogP contribution in [0.4, 0.5) is 10.5 Å². The minimum absolute atomic E-state index is 0.201. The molecule has 0 bridgehead atoms. The van der Waals surface area contributed by atoms with Crippen LogP contribution in [0.15, 0.2) is 42.5 Å². The maximum absolute atomic E-state index is 12.1. The third-order valence-corrected chi connectivity index (χ3v) is 4.01. The van der Waals surface area contributed by atoms with Crippen LogP contribution in [0.3, 0.4) is 0 Å². The quantitative estimate of drug-likeness (QED) is 0.737. The molecule has 138 valence electrons. The summed E-state index contributed by atoms with van der Waals surface area (Å²) in [7, 11) is 3.53. The Balaban J connectivity index is 1.81. The number of carbonyl (C=O) groups excluding carboxylic acids is 2. The van der Waals surface area contributed by atoms with Crippen molar-refractivity contribution in [3.63, 3.8) is 0 Å². The first-order valence-corrected chi connectivity index (χ1v) is 8.49. The number of imide groups is 1. The average molecular weight is 356 g/mol. The second-order valence-electron chi connectivity index (χ2n) is 6.48. The first-order valence-electron chi connectivity index (χ1n) is 8.49. The lowest BCUT2D eigenvalue weighted by Crippen LogP contribution is -3.09. The summed E-state index contributed by atoms with van der Waals surface area (Å²) in [5, 5.41) is 5.09. The monoisotopic (exact) mass is 356 g/mol. The molecule has 3 N–H and O–H groups in total. The Morgan fingerprint density at radius 2 is 1.77 bits per heavy atom. The second kappa shape index (κ2) is 9.01. The normalized spacial score (nSPS) is 11.5. The molecule has 0 fully saturated rings. The van der Waals surface area contributed by atoms with Crippen LogP contribution in [0.25, 0.3) is 0 Å². The zero-order chi connectivity index (χ0) is 19.1. The molecule has 0 spiro atoms. The van der Waals surface area contributed by atoms with Crippen molar-refractivity contribution in [2.45, 2.75) is 20.4 Å². The number of amides is 3. The smallest absolute Gasteiger partial charge is 0.326 e. The predicted molar refractivity (Wildman–Crippen MR) is 102 cm³/mol. The van der Waals surface area contributed by atoms with Gasteiger partial charge in [0.05, 0.1) is 14.2 Å². The van der Waals surface area contributed by atoms with E-state index in [2.05, 4.69) is 10.6 Å². The molecular weight excluding hydrogens is 330 g/mol. The molecule has 0 radical (unpaired) electrons. The van der Waals surface area contributed by atoms with Crippen molar-refractivity contribution in [3.8, 4) is 5.75 Å². The van der Waals surface area contributed by atoms with Crippen LogP contribution in [-0.2, 0) is 11.3 Å². The molecule has 6 heteroatoms. The van der Waals surface area contributed by atoms with E-state index >= 15 is 0 Å². The molecular formula is C20H26N3O3+. The maximum Gasteiger partial charge on any atom is 0.326 e. The summed E-state index contributed by atoms with van der Waals surface area (Å²) in [5.74, 6) is 0.477. The summed E-state index contributed by atoms with van der Waals surface area (Å²) in [6.45, 7) is 4.78. The van der Waals surface area contributed by atoms with Crippen LogP contribution in [0, 0.1) is 13.8 Å². The van der Waals surface area contributed by atoms with E-state index in [1.54, 1.807) is 7.11 Å². The van der Waals surface area contributed by atoms with Gasteiger partial charge in [0, 0.05) is 11.3 Å². The van der Waals surface area contributed by atoms with Crippen molar-refractivity contribution in [2.75, 3.05) is 26.0 Å². The number of methoxy groups -OCH3 is 1. The number of hydrogen-bond donors (Lipinski definition) is 3. The number of nitrogens with one attached hydrogen (secondary N) is 3. The SMILES string of the molecule is COc1ccc(C[NH+](C)CC(=O)NC(=O)Nc2ccc(C)cc2C)cc1. The van der Waals surface area contributed by atoms with Crippen molar-refractivity contribution >= 4 is 17.6 Å². The Kier molecular flexibility index (Phi) is 6.74. The lowest BCUT2D eigenvalue weighted by atomic mass is 10.1. The van der Waals surface area contributed by atoms with Gasteiger partial charge >= 0.3 is 6.03 Å². The maximum atomic E-state index is 12.1. The Bertz CT molecular complexity index is 772. The molecule has 0 aliphatic carbocycles. The van der Waals surface area contributed by atoms with E-state index in [-0.39, 0.29) is 12.5 Å². The molecule has 2 aromatic carbocycles. The largest absolute Gasteiger partial charge is 0.497 e. The van der Waals surface area contributed by atoms with Gasteiger partial charge in [-0.15, -0.1) is 0 Å². The zero-order valence-electron chi connectivity index (χ0n) is 15.7. The summed E-state index contributed by atoms with van der Waals surface area (Å²) in [5.41, 5.74) is 3.86. The van der Waals surface area contributed by atoms with Crippen molar-refractivity contribution in [1.82, 2.24) is 5.32 Å². The molecule has 0 aliphatic heterocycles. The fraction of sp³-hybridized carbons (Fsp3) is 0.300. The van der Waals surface area contributed by atoms with E-state index in [1.165, 1.54) is 0 Å². The standard InChI is InChI=1S/C20H25N3O3/c1-14-5-10-18(15(2)11-14)21-20(25)22-19(24)13-23(3)12-16-6-8-17(26-4)9-7-16/h5-11H,12-13H2,1-4H3,(H2,21,22,24,25)/p+1. The number of hydrogen-bond acceptors (Lipinski definition) is 3. The van der Waals surface area contributed by atoms with Gasteiger partial charge in [-0.3, -0.25) is 10.1 Å². The molecule has 1 unspecified atom stereocenters. The topological polar surface area (TPSA) is 71.9 Å². The molecule has 2 aromatic rings. The molecule has 6 nitrogen and oxygen atoms in total. The third-order valence-electron chi connectivity index (χ3n) is 4.01. The van der Waals surface area contributed by atoms with Crippen LogP contribution >= 0.6 is 0 Å². The molecule has 3 amide bonds. The van der Waals surface area contributed by atoms with E-state index in [4.69, 9.17) is 4.74 Å². The highest BCUT2D eigenvalue weighted by Crippen LogP contribution is 2.15. The van der Waals surface area contributed by atoms with Crippen molar-refractivity contribution < 1.29 is 19.2 Å². The third kappa shape index (κ3) is 5.89. The van der Waals surface area contributed by atoms with E-state index < -0.39 is 6.03 Å². The fourth-order valence-electron chi connectivity index (χ4n) is 2.71. The van der Waals surface area contributed by atoms with Gasteiger partial charge < -0.3 is 15.0 Å². The number of anilines is 1. The van der Waals surface area contributed by atoms with Crippen LogP contribution in [0.1, 0.15) is 16.7 Å². The lowest BCUT2D eigenvalue weighted by molar-refractivity contribution is -0.885. The zero-order valence-corrected chi connectivity index (χ0v) is 15.7. The Hall–Kier alpha value is -2.86. The van der Waals surface area contributed by atoms with Crippen molar-refractivity contribution in [3.05, 3.63) is 59.2 Å². The summed E-state index contributed by atoms with van der Waals surface area (Å²) in [6, 6.07) is 12.9. The molecule has 0 saturated heterocycles. The van der Waals surface area contributed by atoms with Crippen molar-refractivity contribution in [1.29, 1.82) is 0 Å². The number of rotatable bonds is 6. The number of ether oxygens (including phenoxy) is 1. The number of benzene rings is 2. The lowest BCUT2D eigenvalue weighted by Gasteiger charge is -2.14.